The second-order valence-corrected chi connectivity index (χ2v) is 13.7. The average Bonchev–Trinajstić information content (AvgIpc) is 3.77. The van der Waals surface area contributed by atoms with Crippen molar-refractivity contribution in [2.75, 3.05) is 44.4 Å². The van der Waals surface area contributed by atoms with Crippen LogP contribution in [0, 0.1) is 0 Å². The predicted molar refractivity (Wildman–Crippen MR) is 188 cm³/mol. The first-order valence-electron chi connectivity index (χ1n) is 16.9. The highest BCUT2D eigenvalue weighted by molar-refractivity contribution is 8.00. The predicted octanol–water partition coefficient (Wildman–Crippen LogP) is 3.09. The van der Waals surface area contributed by atoms with E-state index in [1.165, 1.54) is 7.11 Å². The summed E-state index contributed by atoms with van der Waals surface area (Å²) in [6.07, 6.45) is 5.93. The quantitative estimate of drug-likeness (QED) is 0.0565. The molecule has 2 aromatic carbocycles. The van der Waals surface area contributed by atoms with Crippen molar-refractivity contribution in [3.8, 4) is 0 Å². The van der Waals surface area contributed by atoms with E-state index in [1.807, 2.05) is 36.0 Å². The van der Waals surface area contributed by atoms with Crippen LogP contribution in [-0.2, 0) is 16.0 Å². The number of ether oxygens (including phenoxy) is 1. The maximum Gasteiger partial charge on any atom is 0.337 e. The fraction of sp³-hybridized carbons (Fsp3) is 0.457. The van der Waals surface area contributed by atoms with E-state index >= 15 is 0 Å². The Bertz CT molecular complexity index is 1730. The largest absolute Gasteiger partial charge is 0.465 e. The lowest BCUT2D eigenvalue weighted by Crippen LogP contribution is -2.84. The molecule has 4 aromatic rings. The first-order chi connectivity index (χ1) is 23.5. The van der Waals surface area contributed by atoms with Gasteiger partial charge in [0.1, 0.15) is 17.3 Å². The topological polar surface area (TPSA) is 167 Å². The number of H-pyrrole nitrogens is 1. The molecule has 4 heterocycles. The number of amides is 3. The summed E-state index contributed by atoms with van der Waals surface area (Å²) < 4.78 is 4.90. The molecular weight excluding hydrogens is 629 g/mol. The molecule has 3 atom stereocenters. The van der Waals surface area contributed by atoms with Crippen LogP contribution in [0.2, 0.25) is 0 Å². The number of nitrogens with one attached hydrogen (secondary N) is 5. The Labute approximate surface area is 284 Å². The number of benzene rings is 2. The molecule has 0 saturated carbocycles. The number of anilines is 1. The molecule has 6 rings (SSSR count). The summed E-state index contributed by atoms with van der Waals surface area (Å²) in [7, 11) is 1.38. The van der Waals surface area contributed by atoms with Gasteiger partial charge in [-0.15, -0.1) is 0 Å². The van der Waals surface area contributed by atoms with Crippen LogP contribution in [-0.4, -0.2) is 89.2 Å². The van der Waals surface area contributed by atoms with E-state index in [0.29, 0.717) is 36.0 Å². The number of urea groups is 1. The van der Waals surface area contributed by atoms with Gasteiger partial charge in [0.15, 0.2) is 0 Å². The standard InChI is InChI=1S/C35H44N8O4S/c1-47-34(45)23-13-14-24-25(20-23)39-33-30(24)32(41-28(42-33)19-22-9-3-2-4-10-22)38-18-8-16-36-15-7-17-37-29(44)12-6-5-11-27-31-26(21-48-27)40-35(46)43-31/h2-4,9-10,13-14,20,26-27,31,36H,5-8,11-12,15-19,21H2,1H3,(H,37,44)(H2,40,43,46)(H2,38,39,41,42)/p+1/t26-,27-,31-/m0/s1. The van der Waals surface area contributed by atoms with Crippen LogP contribution in [0.5, 0.6) is 0 Å². The van der Waals surface area contributed by atoms with Gasteiger partial charge in [-0.05, 0) is 30.5 Å². The summed E-state index contributed by atoms with van der Waals surface area (Å²) in [6.45, 7) is 3.35. The van der Waals surface area contributed by atoms with Crippen molar-refractivity contribution >= 4 is 57.4 Å². The van der Waals surface area contributed by atoms with Crippen molar-refractivity contribution in [1.82, 2.24) is 30.9 Å². The van der Waals surface area contributed by atoms with E-state index in [0.717, 1.165) is 90.8 Å². The van der Waals surface area contributed by atoms with E-state index < -0.39 is 0 Å². The van der Waals surface area contributed by atoms with Crippen molar-refractivity contribution in [3.05, 3.63) is 65.5 Å². The number of carbonyl (C=O) groups is 3. The summed E-state index contributed by atoms with van der Waals surface area (Å²) in [5, 5.41) is 17.2. The van der Waals surface area contributed by atoms with Gasteiger partial charge in [-0.3, -0.25) is 4.79 Å². The minimum absolute atomic E-state index is 0.0510. The second-order valence-electron chi connectivity index (χ2n) is 12.5. The normalized spacial score (nSPS) is 18.4. The minimum atomic E-state index is -0.383. The van der Waals surface area contributed by atoms with Gasteiger partial charge in [0.2, 0.25) is 5.91 Å². The molecule has 0 spiro atoms. The molecular formula is C35H45N8O4S+. The van der Waals surface area contributed by atoms with Crippen LogP contribution in [0.4, 0.5) is 10.6 Å². The monoisotopic (exact) mass is 673 g/mol. The van der Waals surface area contributed by atoms with Crippen LogP contribution in [0.1, 0.15) is 60.3 Å². The molecule has 2 saturated heterocycles. The summed E-state index contributed by atoms with van der Waals surface area (Å²) in [5.41, 5.74) is 3.15. The molecule has 2 fully saturated rings. The molecule has 7 N–H and O–H groups in total. The van der Waals surface area contributed by atoms with E-state index in [4.69, 9.17) is 14.7 Å². The number of unbranched alkanes of at least 4 members (excludes halogenated alkanes) is 1. The number of methoxy groups -OCH3 is 1. The number of nitrogens with zero attached hydrogens (tertiary/aromatic N) is 2. The number of hydrogen-bond acceptors (Lipinski definition) is 8. The van der Waals surface area contributed by atoms with E-state index in [-0.39, 0.29) is 30.0 Å². The lowest BCUT2D eigenvalue weighted by atomic mass is 10.0. The highest BCUT2D eigenvalue weighted by atomic mass is 32.2. The molecule has 2 aliphatic rings. The fourth-order valence-corrected chi connectivity index (χ4v) is 8.05. The van der Waals surface area contributed by atoms with Gasteiger partial charge in [0.25, 0.3) is 0 Å². The minimum Gasteiger partial charge on any atom is -0.465 e. The third kappa shape index (κ3) is 8.37. The molecule has 48 heavy (non-hydrogen) atoms. The van der Waals surface area contributed by atoms with Crippen molar-refractivity contribution in [3.63, 3.8) is 0 Å². The second kappa shape index (κ2) is 16.2. The Morgan fingerprint density at radius 1 is 1.02 bits per heavy atom. The number of thioether (sulfide) groups is 1. The molecule has 2 aromatic heterocycles. The van der Waals surface area contributed by atoms with Crippen molar-refractivity contribution in [2.24, 2.45) is 0 Å². The Balaban J connectivity index is 0.917. The number of carbonyl (C=O) groups excluding carboxylic acids is 3. The maximum absolute atomic E-state index is 12.3. The van der Waals surface area contributed by atoms with Crippen molar-refractivity contribution < 1.29 is 24.4 Å². The molecule has 0 radical (unpaired) electrons. The molecule has 2 aliphatic heterocycles. The number of aromatic nitrogens is 3. The molecule has 254 valence electrons. The highest BCUT2D eigenvalue weighted by Gasteiger charge is 2.42. The van der Waals surface area contributed by atoms with Crippen LogP contribution in [0.15, 0.2) is 48.5 Å². The molecule has 3 amide bonds. The molecule has 0 aliphatic carbocycles. The SMILES string of the molecule is COC(=O)c1ccc2c(c1)[nH]c1nc(Cc3ccccc3)nc(NCCC[NH2+]CCCNC(=O)CCCC[C@@H]3SC[C@@H]4NC(=O)N[C@@H]43)c12. The first-order valence-corrected chi connectivity index (χ1v) is 18.0. The summed E-state index contributed by atoms with van der Waals surface area (Å²) in [6, 6.07) is 16.1. The molecule has 0 unspecified atom stereocenters. The number of nitrogens with two attached hydrogens (primary N) is 1. The number of quaternary nitrogens is 1. The number of aromatic amines is 1. The van der Waals surface area contributed by atoms with Crippen LogP contribution in [0.25, 0.3) is 21.9 Å². The molecule has 13 heteroatoms. The fourth-order valence-electron chi connectivity index (χ4n) is 6.51. The lowest BCUT2D eigenvalue weighted by molar-refractivity contribution is -0.654. The zero-order chi connectivity index (χ0) is 33.3. The Morgan fingerprint density at radius 3 is 2.69 bits per heavy atom. The number of fused-ring (bicyclic) bond motifs is 4. The van der Waals surface area contributed by atoms with Gasteiger partial charge in [0.05, 0.1) is 43.2 Å². The summed E-state index contributed by atoms with van der Waals surface area (Å²) in [5.74, 6) is 2.20. The lowest BCUT2D eigenvalue weighted by Gasteiger charge is -2.16. The summed E-state index contributed by atoms with van der Waals surface area (Å²) in [4.78, 5) is 49.1. The van der Waals surface area contributed by atoms with Gasteiger partial charge >= 0.3 is 12.0 Å². The number of rotatable bonds is 17. The maximum atomic E-state index is 12.3. The van der Waals surface area contributed by atoms with Gasteiger partial charge in [-0.2, -0.15) is 11.8 Å². The Kier molecular flexibility index (Phi) is 11.3. The number of esters is 1. The van der Waals surface area contributed by atoms with Gasteiger partial charge in [-0.25, -0.2) is 19.6 Å². The smallest absolute Gasteiger partial charge is 0.337 e. The van der Waals surface area contributed by atoms with Crippen molar-refractivity contribution in [2.45, 2.75) is 62.3 Å². The van der Waals surface area contributed by atoms with Crippen LogP contribution < -0.4 is 26.6 Å². The molecule has 12 nitrogen and oxygen atoms in total. The van der Waals surface area contributed by atoms with E-state index in [1.54, 1.807) is 12.1 Å². The first kappa shape index (κ1) is 33.5. The highest BCUT2D eigenvalue weighted by Crippen LogP contribution is 2.33. The Hall–Kier alpha value is -4.36. The average molecular weight is 674 g/mol. The van der Waals surface area contributed by atoms with Gasteiger partial charge in [0, 0.05) is 60.7 Å². The third-order valence-corrected chi connectivity index (χ3v) is 10.5. The zero-order valence-electron chi connectivity index (χ0n) is 27.3. The zero-order valence-corrected chi connectivity index (χ0v) is 28.2. The van der Waals surface area contributed by atoms with Crippen LogP contribution in [0.3, 0.4) is 0 Å². The third-order valence-electron chi connectivity index (χ3n) is 8.99. The van der Waals surface area contributed by atoms with Gasteiger partial charge in [-0.1, -0.05) is 42.8 Å². The number of hydrogen-bond donors (Lipinski definition) is 6. The van der Waals surface area contributed by atoms with Gasteiger partial charge < -0.3 is 36.3 Å². The molecule has 0 bridgehead atoms. The van der Waals surface area contributed by atoms with E-state index in [9.17, 15) is 14.4 Å². The summed E-state index contributed by atoms with van der Waals surface area (Å²) >= 11 is 1.92. The van der Waals surface area contributed by atoms with Crippen molar-refractivity contribution in [1.29, 1.82) is 0 Å². The van der Waals surface area contributed by atoms with E-state index in [2.05, 4.69) is 43.7 Å². The van der Waals surface area contributed by atoms with Crippen LogP contribution >= 0.6 is 11.8 Å². The Morgan fingerprint density at radius 2 is 1.85 bits per heavy atom.